The molecule has 0 saturated carbocycles. The molecule has 1 rings (SSSR count). The fourth-order valence-electron chi connectivity index (χ4n) is 1.86. The zero-order chi connectivity index (χ0) is 8.54. The Morgan fingerprint density at radius 3 is 1.73 bits per heavy atom. The van der Waals surface area contributed by atoms with Crippen molar-refractivity contribution in [1.82, 2.24) is 0 Å². The summed E-state index contributed by atoms with van der Waals surface area (Å²) >= 11 is 6.75. The Kier molecular flexibility index (Phi) is 2.88. The fraction of sp³-hybridized carbons (Fsp3) is 1.00. The lowest BCUT2D eigenvalue weighted by Crippen LogP contribution is -2.53. The van der Waals surface area contributed by atoms with E-state index in [4.69, 9.17) is 11.1 Å². The van der Waals surface area contributed by atoms with Crippen LogP contribution in [0, 0.1) is 0 Å². The van der Waals surface area contributed by atoms with Gasteiger partial charge in [0.1, 0.15) is 6.90 Å². The van der Waals surface area contributed by atoms with E-state index >= 15 is 0 Å². The van der Waals surface area contributed by atoms with Gasteiger partial charge in [0, 0.05) is 0 Å². The molecule has 1 saturated heterocycles. The third-order valence-corrected chi connectivity index (χ3v) is 23.8. The molecule has 1 aliphatic rings. The first-order chi connectivity index (χ1) is 4.96. The molecule has 1 heterocycles. The van der Waals surface area contributed by atoms with E-state index in [0.717, 1.165) is 0 Å². The van der Waals surface area contributed by atoms with E-state index in [1.54, 1.807) is 0 Å². The van der Waals surface area contributed by atoms with E-state index in [9.17, 15) is 0 Å². The summed E-state index contributed by atoms with van der Waals surface area (Å²) in [5, 5.41) is 0. The minimum absolute atomic E-state index is 0.976. The Morgan fingerprint density at radius 1 is 1.00 bits per heavy atom. The molecule has 0 N–H and O–H groups in total. The average molecular weight is 207 g/mol. The summed E-state index contributed by atoms with van der Waals surface area (Å²) in [4.78, 5) is 0. The van der Waals surface area contributed by atoms with Gasteiger partial charge in [-0.15, -0.1) is 0 Å². The van der Waals surface area contributed by atoms with Crippen LogP contribution in [0.2, 0.25) is 31.7 Å². The molecular weight excluding hydrogens is 188 g/mol. The van der Waals surface area contributed by atoms with Crippen molar-refractivity contribution in [2.45, 2.75) is 51.0 Å². The van der Waals surface area contributed by atoms with Gasteiger partial charge in [-0.1, -0.05) is 38.9 Å². The van der Waals surface area contributed by atoms with E-state index in [1.807, 2.05) is 0 Å². The highest BCUT2D eigenvalue weighted by Crippen LogP contribution is 2.38. The summed E-state index contributed by atoms with van der Waals surface area (Å²) in [6.07, 6.45) is 4.27. The highest BCUT2D eigenvalue weighted by Gasteiger charge is 2.44. The Labute approximate surface area is 76.8 Å². The molecule has 0 unspecified atom stereocenters. The molecule has 0 aliphatic carbocycles. The first-order valence-corrected chi connectivity index (χ1v) is 12.6. The number of halogens is 1. The molecule has 0 aromatic carbocycles. The molecule has 11 heavy (non-hydrogen) atoms. The second kappa shape index (κ2) is 3.23. The SMILES string of the molecule is C[Si](C)(C)[Si]1(Cl)CCCCC1. The molecule has 0 spiro atoms. The lowest BCUT2D eigenvalue weighted by atomic mass is 10.3. The van der Waals surface area contributed by atoms with Crippen molar-refractivity contribution < 1.29 is 0 Å². The maximum absolute atomic E-state index is 6.75. The van der Waals surface area contributed by atoms with Gasteiger partial charge in [0.15, 0.2) is 0 Å². The molecule has 0 nitrogen and oxygen atoms in total. The number of hydrogen-bond donors (Lipinski definition) is 0. The molecule has 0 bridgehead atoms. The van der Waals surface area contributed by atoms with Crippen LogP contribution in [0.1, 0.15) is 19.3 Å². The van der Waals surface area contributed by atoms with Crippen molar-refractivity contribution in [2.75, 3.05) is 0 Å². The van der Waals surface area contributed by atoms with Crippen LogP contribution in [0.5, 0.6) is 0 Å². The van der Waals surface area contributed by atoms with Crippen LogP contribution in [0.25, 0.3) is 0 Å². The first-order valence-electron chi connectivity index (χ1n) is 4.65. The van der Waals surface area contributed by atoms with Gasteiger partial charge in [0.25, 0.3) is 0 Å². The van der Waals surface area contributed by atoms with E-state index in [-0.39, 0.29) is 0 Å². The summed E-state index contributed by atoms with van der Waals surface area (Å²) in [6, 6.07) is 2.81. The van der Waals surface area contributed by atoms with Crippen LogP contribution in [0.4, 0.5) is 0 Å². The maximum Gasteiger partial charge on any atom is 0.146 e. The van der Waals surface area contributed by atoms with Crippen LogP contribution < -0.4 is 0 Å². The van der Waals surface area contributed by atoms with Gasteiger partial charge < -0.3 is 0 Å². The van der Waals surface area contributed by atoms with E-state index in [0.29, 0.717) is 0 Å². The molecule has 66 valence electrons. The molecular formula is C8H19ClSi2. The van der Waals surface area contributed by atoms with Crippen LogP contribution in [0.15, 0.2) is 0 Å². The molecule has 1 aliphatic heterocycles. The lowest BCUT2D eigenvalue weighted by molar-refractivity contribution is 0.725. The highest BCUT2D eigenvalue weighted by molar-refractivity contribution is 7.59. The summed E-state index contributed by atoms with van der Waals surface area (Å²) in [5.41, 5.74) is 0. The topological polar surface area (TPSA) is 0 Å². The van der Waals surface area contributed by atoms with Gasteiger partial charge in [-0.2, -0.15) is 11.1 Å². The van der Waals surface area contributed by atoms with E-state index < -0.39 is 14.5 Å². The molecule has 0 amide bonds. The molecule has 0 atom stereocenters. The normalized spacial score (nSPS) is 25.1. The predicted octanol–water partition coefficient (Wildman–Crippen LogP) is 3.77. The van der Waals surface area contributed by atoms with Crippen molar-refractivity contribution in [1.29, 1.82) is 0 Å². The van der Waals surface area contributed by atoms with Crippen molar-refractivity contribution in [3.8, 4) is 0 Å². The minimum Gasteiger partial charge on any atom is -0.171 e. The van der Waals surface area contributed by atoms with Gasteiger partial charge in [-0.3, -0.25) is 0 Å². The monoisotopic (exact) mass is 206 g/mol. The second-order valence-electron chi connectivity index (χ2n) is 4.78. The molecule has 0 aromatic heterocycles. The first kappa shape index (κ1) is 9.81. The third-order valence-electron chi connectivity index (χ3n) is 2.99. The minimum atomic E-state index is -1.23. The van der Waals surface area contributed by atoms with Crippen LogP contribution in [-0.2, 0) is 0 Å². The Hall–Kier alpha value is 0.724. The number of rotatable bonds is 1. The second-order valence-corrected chi connectivity index (χ2v) is 22.7. The summed E-state index contributed by atoms with van der Waals surface area (Å²) in [5.74, 6) is 0. The Morgan fingerprint density at radius 2 is 1.45 bits per heavy atom. The molecule has 0 radical (unpaired) electrons. The Balaban J connectivity index is 2.64. The van der Waals surface area contributed by atoms with Gasteiger partial charge in [-0.05, 0) is 12.1 Å². The maximum atomic E-state index is 6.75. The summed E-state index contributed by atoms with van der Waals surface area (Å²) in [6.45, 7) is 6.14. The third kappa shape index (κ3) is 2.10. The van der Waals surface area contributed by atoms with E-state index in [1.165, 1.54) is 31.4 Å². The lowest BCUT2D eigenvalue weighted by Gasteiger charge is -2.38. The zero-order valence-electron chi connectivity index (χ0n) is 7.91. The van der Waals surface area contributed by atoms with Crippen LogP contribution >= 0.6 is 11.1 Å². The van der Waals surface area contributed by atoms with Gasteiger partial charge >= 0.3 is 0 Å². The van der Waals surface area contributed by atoms with Gasteiger partial charge in [-0.25, -0.2) is 0 Å². The molecule has 1 fully saturated rings. The predicted molar refractivity (Wildman–Crippen MR) is 58.4 cm³/mol. The fourth-order valence-corrected chi connectivity index (χ4v) is 11.6. The zero-order valence-corrected chi connectivity index (χ0v) is 10.7. The smallest absolute Gasteiger partial charge is 0.146 e. The van der Waals surface area contributed by atoms with Crippen molar-refractivity contribution in [2.24, 2.45) is 0 Å². The van der Waals surface area contributed by atoms with Crippen molar-refractivity contribution in [3.63, 3.8) is 0 Å². The number of hydrogen-bond acceptors (Lipinski definition) is 0. The van der Waals surface area contributed by atoms with Crippen molar-refractivity contribution >= 4 is 25.6 Å². The van der Waals surface area contributed by atoms with E-state index in [2.05, 4.69) is 19.6 Å². The summed E-state index contributed by atoms with van der Waals surface area (Å²) < 4.78 is 0. The van der Waals surface area contributed by atoms with Crippen molar-refractivity contribution in [3.05, 3.63) is 0 Å². The van der Waals surface area contributed by atoms with Gasteiger partial charge in [0.2, 0.25) is 0 Å². The van der Waals surface area contributed by atoms with Crippen LogP contribution in [0.3, 0.4) is 0 Å². The molecule has 0 aromatic rings. The van der Waals surface area contributed by atoms with Gasteiger partial charge in [0.05, 0.1) is 7.59 Å². The standard InChI is InChI=1S/C8H19ClSi2/c1-10(2,3)11(9)7-5-4-6-8-11/h4-8H2,1-3H3. The Bertz CT molecular complexity index is 134. The summed E-state index contributed by atoms with van der Waals surface area (Å²) in [7, 11) is -0.976. The molecule has 3 heteroatoms. The largest absolute Gasteiger partial charge is 0.171 e. The quantitative estimate of drug-likeness (QED) is 0.453. The highest BCUT2D eigenvalue weighted by atomic mass is 35.6. The average Bonchev–Trinajstić information content (AvgIpc) is 1.87. The van der Waals surface area contributed by atoms with Crippen LogP contribution in [-0.4, -0.2) is 14.5 Å².